The molecule has 1 fully saturated rings. The predicted octanol–water partition coefficient (Wildman–Crippen LogP) is 3.02. The third-order valence-corrected chi connectivity index (χ3v) is 4.36. The molecule has 0 N–H and O–H groups in total. The molecule has 0 bridgehead atoms. The monoisotopic (exact) mass is 360 g/mol. The number of alkyl halides is 2. The van der Waals surface area contributed by atoms with Gasteiger partial charge in [0, 0.05) is 18.7 Å². The number of hydrogen-bond donors (Lipinski definition) is 0. The van der Waals surface area contributed by atoms with Crippen molar-refractivity contribution in [3.05, 3.63) is 30.3 Å². The van der Waals surface area contributed by atoms with E-state index >= 15 is 0 Å². The Morgan fingerprint density at radius 3 is 2.50 bits per heavy atom. The van der Waals surface area contributed by atoms with Gasteiger partial charge in [0.05, 0.1) is 6.42 Å². The highest BCUT2D eigenvalue weighted by molar-refractivity contribution is 7.99. The highest BCUT2D eigenvalue weighted by Gasteiger charge is 2.54. The van der Waals surface area contributed by atoms with Gasteiger partial charge >= 0.3 is 11.9 Å². The molecule has 3 atom stereocenters. The lowest BCUT2D eigenvalue weighted by Crippen LogP contribution is -2.55. The number of esters is 2. The summed E-state index contributed by atoms with van der Waals surface area (Å²) >= 11 is 1.14. The van der Waals surface area contributed by atoms with E-state index in [2.05, 4.69) is 0 Å². The van der Waals surface area contributed by atoms with E-state index in [0.717, 1.165) is 30.5 Å². The van der Waals surface area contributed by atoms with Gasteiger partial charge in [-0.2, -0.15) is 0 Å². The Kier molecular flexibility index (Phi) is 6.17. The van der Waals surface area contributed by atoms with Crippen molar-refractivity contribution in [2.45, 2.75) is 48.7 Å². The first-order chi connectivity index (χ1) is 11.3. The third-order valence-electron chi connectivity index (χ3n) is 3.27. The SMILES string of the molecule is CC(=O)OC[C@H]1O[C@@H](Sc2ccccc2)CC(F)(F)[C@@H]1OC(C)=O. The van der Waals surface area contributed by atoms with E-state index in [1.165, 1.54) is 0 Å². The van der Waals surface area contributed by atoms with Crippen LogP contribution in [0.5, 0.6) is 0 Å². The molecule has 132 valence electrons. The van der Waals surface area contributed by atoms with Crippen LogP contribution in [0.1, 0.15) is 20.3 Å². The fourth-order valence-corrected chi connectivity index (χ4v) is 3.43. The summed E-state index contributed by atoms with van der Waals surface area (Å²) in [5, 5.41) is 0. The van der Waals surface area contributed by atoms with E-state index in [9.17, 15) is 18.4 Å². The van der Waals surface area contributed by atoms with E-state index in [1.54, 1.807) is 24.3 Å². The Labute approximate surface area is 142 Å². The molecular weight excluding hydrogens is 342 g/mol. The van der Waals surface area contributed by atoms with Gasteiger partial charge in [0.1, 0.15) is 18.1 Å². The van der Waals surface area contributed by atoms with Crippen LogP contribution in [-0.4, -0.2) is 42.1 Å². The second-order valence-corrected chi connectivity index (χ2v) is 6.57. The maximum Gasteiger partial charge on any atom is 0.303 e. The molecule has 1 aliphatic heterocycles. The first kappa shape index (κ1) is 18.7. The summed E-state index contributed by atoms with van der Waals surface area (Å²) in [5.74, 6) is -4.76. The molecule has 2 rings (SSSR count). The zero-order valence-electron chi connectivity index (χ0n) is 13.2. The molecule has 1 heterocycles. The van der Waals surface area contributed by atoms with Crippen LogP contribution in [0.15, 0.2) is 35.2 Å². The van der Waals surface area contributed by atoms with Crippen molar-refractivity contribution in [2.75, 3.05) is 6.61 Å². The molecule has 1 aromatic rings. The van der Waals surface area contributed by atoms with Gasteiger partial charge < -0.3 is 14.2 Å². The number of carbonyl (C=O) groups excluding carboxylic acids is 2. The number of carbonyl (C=O) groups is 2. The van der Waals surface area contributed by atoms with Crippen molar-refractivity contribution in [3.63, 3.8) is 0 Å². The van der Waals surface area contributed by atoms with E-state index in [1.807, 2.05) is 6.07 Å². The maximum absolute atomic E-state index is 14.4. The van der Waals surface area contributed by atoms with Gasteiger partial charge in [-0.1, -0.05) is 30.0 Å². The fraction of sp³-hybridized carbons (Fsp3) is 0.500. The highest BCUT2D eigenvalue weighted by Crippen LogP contribution is 2.41. The average molecular weight is 360 g/mol. The molecule has 1 aliphatic rings. The van der Waals surface area contributed by atoms with Crippen LogP contribution in [0.25, 0.3) is 0 Å². The van der Waals surface area contributed by atoms with Gasteiger partial charge in [-0.15, -0.1) is 0 Å². The third kappa shape index (κ3) is 5.17. The normalized spacial score (nSPS) is 25.8. The van der Waals surface area contributed by atoms with Gasteiger partial charge in [0.15, 0.2) is 6.10 Å². The summed E-state index contributed by atoms with van der Waals surface area (Å²) in [6.45, 7) is 1.80. The van der Waals surface area contributed by atoms with Crippen molar-refractivity contribution < 1.29 is 32.6 Å². The molecule has 0 amide bonds. The van der Waals surface area contributed by atoms with Crippen molar-refractivity contribution in [1.82, 2.24) is 0 Å². The summed E-state index contributed by atoms with van der Waals surface area (Å²) in [7, 11) is 0. The fourth-order valence-electron chi connectivity index (χ4n) is 2.31. The summed E-state index contributed by atoms with van der Waals surface area (Å²) in [4.78, 5) is 22.9. The Morgan fingerprint density at radius 2 is 1.92 bits per heavy atom. The number of ether oxygens (including phenoxy) is 3. The largest absolute Gasteiger partial charge is 0.463 e. The maximum atomic E-state index is 14.4. The topological polar surface area (TPSA) is 61.8 Å². The zero-order chi connectivity index (χ0) is 17.7. The van der Waals surface area contributed by atoms with Crippen LogP contribution in [0.4, 0.5) is 8.78 Å². The van der Waals surface area contributed by atoms with Gasteiger partial charge in [-0.3, -0.25) is 9.59 Å². The van der Waals surface area contributed by atoms with Crippen LogP contribution < -0.4 is 0 Å². The van der Waals surface area contributed by atoms with Crippen molar-refractivity contribution in [2.24, 2.45) is 0 Å². The zero-order valence-corrected chi connectivity index (χ0v) is 14.1. The van der Waals surface area contributed by atoms with Crippen molar-refractivity contribution in [1.29, 1.82) is 0 Å². The minimum atomic E-state index is -3.29. The van der Waals surface area contributed by atoms with Crippen LogP contribution in [0.3, 0.4) is 0 Å². The van der Waals surface area contributed by atoms with Crippen molar-refractivity contribution >= 4 is 23.7 Å². The first-order valence-electron chi connectivity index (χ1n) is 7.33. The Hall–Kier alpha value is -1.67. The van der Waals surface area contributed by atoms with Crippen LogP contribution in [-0.2, 0) is 23.8 Å². The number of benzene rings is 1. The lowest BCUT2D eigenvalue weighted by atomic mass is 10.0. The molecule has 0 aromatic heterocycles. The van der Waals surface area contributed by atoms with Gasteiger partial charge in [0.25, 0.3) is 5.92 Å². The minimum Gasteiger partial charge on any atom is -0.463 e. The summed E-state index contributed by atoms with van der Waals surface area (Å²) in [5.41, 5.74) is -0.852. The lowest BCUT2D eigenvalue weighted by Gasteiger charge is -2.40. The molecule has 5 nitrogen and oxygen atoms in total. The van der Waals surface area contributed by atoms with E-state index in [4.69, 9.17) is 14.2 Å². The predicted molar refractivity (Wildman–Crippen MR) is 82.7 cm³/mol. The molecule has 24 heavy (non-hydrogen) atoms. The Morgan fingerprint density at radius 1 is 1.25 bits per heavy atom. The second-order valence-electron chi connectivity index (χ2n) is 5.33. The number of rotatable bonds is 5. The van der Waals surface area contributed by atoms with Gasteiger partial charge in [-0.05, 0) is 12.1 Å². The van der Waals surface area contributed by atoms with Gasteiger partial charge in [-0.25, -0.2) is 8.78 Å². The molecule has 1 saturated heterocycles. The van der Waals surface area contributed by atoms with Gasteiger partial charge in [0.2, 0.25) is 0 Å². The number of thioether (sulfide) groups is 1. The van der Waals surface area contributed by atoms with Crippen LogP contribution in [0.2, 0.25) is 0 Å². The molecule has 0 saturated carbocycles. The molecule has 0 radical (unpaired) electrons. The number of halogens is 2. The average Bonchev–Trinajstić information content (AvgIpc) is 2.48. The van der Waals surface area contributed by atoms with Crippen LogP contribution >= 0.6 is 11.8 Å². The molecular formula is C16H18F2O5S. The molecule has 0 spiro atoms. The summed E-state index contributed by atoms with van der Waals surface area (Å²) < 4.78 is 44.0. The molecule has 0 aliphatic carbocycles. The summed E-state index contributed by atoms with van der Waals surface area (Å²) in [6.07, 6.45) is -3.63. The van der Waals surface area contributed by atoms with Crippen LogP contribution in [0, 0.1) is 0 Å². The highest BCUT2D eigenvalue weighted by atomic mass is 32.2. The standard InChI is InChI=1S/C16H18F2O5S/c1-10(19)21-9-13-15(22-11(2)20)16(17,18)8-14(23-13)24-12-6-4-3-5-7-12/h3-7,13-15H,8-9H2,1-2H3/t13-,14+,15-/m1/s1. The molecule has 0 unspecified atom stereocenters. The number of hydrogen-bond acceptors (Lipinski definition) is 6. The quantitative estimate of drug-likeness (QED) is 0.752. The van der Waals surface area contributed by atoms with E-state index in [0.29, 0.717) is 0 Å². The molecule has 1 aromatic carbocycles. The van der Waals surface area contributed by atoms with E-state index < -0.39 is 48.5 Å². The van der Waals surface area contributed by atoms with E-state index in [-0.39, 0.29) is 0 Å². The summed E-state index contributed by atoms with van der Waals surface area (Å²) in [6, 6.07) is 8.97. The second kappa shape index (κ2) is 7.94. The minimum absolute atomic E-state index is 0.408. The first-order valence-corrected chi connectivity index (χ1v) is 8.21. The lowest BCUT2D eigenvalue weighted by molar-refractivity contribution is -0.240. The Bertz CT molecular complexity index is 581. The van der Waals surface area contributed by atoms with Crippen molar-refractivity contribution in [3.8, 4) is 0 Å². The Balaban J connectivity index is 2.14. The smallest absolute Gasteiger partial charge is 0.303 e. The molecule has 8 heteroatoms.